The highest BCUT2D eigenvalue weighted by atomic mass is 79.9. The molecule has 19 heavy (non-hydrogen) atoms. The van der Waals surface area contributed by atoms with Crippen LogP contribution in [0.3, 0.4) is 0 Å². The normalized spacial score (nSPS) is 17.6. The van der Waals surface area contributed by atoms with E-state index in [0.29, 0.717) is 6.10 Å². The van der Waals surface area contributed by atoms with Crippen molar-refractivity contribution in [3.8, 4) is 5.75 Å². The molecule has 0 saturated carbocycles. The molecule has 0 unspecified atom stereocenters. The minimum absolute atomic E-state index is 0.454. The van der Waals surface area contributed by atoms with Gasteiger partial charge in [-0.25, -0.2) is 0 Å². The van der Waals surface area contributed by atoms with Gasteiger partial charge in [-0.2, -0.15) is 0 Å². The maximum Gasteiger partial charge on any atom is 0.119 e. The number of benzene rings is 1. The molecule has 0 radical (unpaired) electrons. The van der Waals surface area contributed by atoms with Crippen LogP contribution in [0.1, 0.15) is 25.3 Å². The first-order chi connectivity index (χ1) is 9.22. The summed E-state index contributed by atoms with van der Waals surface area (Å²) in [6, 6.07) is 6.15. The molecule has 0 N–H and O–H groups in total. The Hall–Kier alpha value is -0.580. The Morgan fingerprint density at radius 2 is 2.05 bits per heavy atom. The molecule has 0 amide bonds. The highest BCUT2D eigenvalue weighted by molar-refractivity contribution is 9.10. The van der Waals surface area contributed by atoms with E-state index in [-0.39, 0.29) is 0 Å². The molecule has 0 bridgehead atoms. The van der Waals surface area contributed by atoms with Gasteiger partial charge in [0.25, 0.3) is 0 Å². The van der Waals surface area contributed by atoms with E-state index in [0.717, 1.165) is 49.3 Å². The summed E-state index contributed by atoms with van der Waals surface area (Å²) >= 11 is 3.62. The molecule has 1 heterocycles. The number of nitrogens with zero attached hydrogens (tertiary/aromatic N) is 1. The lowest BCUT2D eigenvalue weighted by Crippen LogP contribution is -2.36. The van der Waals surface area contributed by atoms with Crippen LogP contribution in [-0.4, -0.2) is 37.8 Å². The molecular formula is C15H22BrNO2. The molecular weight excluding hydrogens is 306 g/mol. The predicted octanol–water partition coefficient (Wildman–Crippen LogP) is 3.46. The van der Waals surface area contributed by atoms with Crippen LogP contribution in [0.2, 0.25) is 0 Å². The van der Waals surface area contributed by atoms with Crippen molar-refractivity contribution >= 4 is 15.9 Å². The third kappa shape index (κ3) is 4.20. The van der Waals surface area contributed by atoms with Crippen molar-refractivity contribution in [3.63, 3.8) is 0 Å². The summed E-state index contributed by atoms with van der Waals surface area (Å²) in [6.45, 7) is 6.07. The highest BCUT2D eigenvalue weighted by Crippen LogP contribution is 2.25. The standard InChI is InChI=1S/C15H22BrNO2/c1-3-19-13-6-8-17(9-7-13)11-12-10-14(18-2)4-5-15(12)16/h4-5,10,13H,3,6-9,11H2,1-2H3. The molecule has 1 fully saturated rings. The Labute approximate surface area is 124 Å². The van der Waals surface area contributed by atoms with Crippen molar-refractivity contribution in [2.45, 2.75) is 32.4 Å². The summed E-state index contributed by atoms with van der Waals surface area (Å²) in [7, 11) is 1.71. The number of hydrogen-bond donors (Lipinski definition) is 0. The van der Waals surface area contributed by atoms with E-state index in [1.165, 1.54) is 5.56 Å². The molecule has 3 nitrogen and oxygen atoms in total. The third-order valence-electron chi connectivity index (χ3n) is 3.58. The van der Waals surface area contributed by atoms with Crippen molar-refractivity contribution in [1.82, 2.24) is 4.90 Å². The first kappa shape index (κ1) is 14.8. The average Bonchev–Trinajstić information content (AvgIpc) is 2.44. The zero-order chi connectivity index (χ0) is 13.7. The van der Waals surface area contributed by atoms with Gasteiger partial charge >= 0.3 is 0 Å². The number of hydrogen-bond acceptors (Lipinski definition) is 3. The number of piperidine rings is 1. The van der Waals surface area contributed by atoms with Crippen LogP contribution < -0.4 is 4.74 Å². The van der Waals surface area contributed by atoms with Crippen LogP contribution >= 0.6 is 15.9 Å². The number of halogens is 1. The van der Waals surface area contributed by atoms with E-state index < -0.39 is 0 Å². The van der Waals surface area contributed by atoms with E-state index >= 15 is 0 Å². The lowest BCUT2D eigenvalue weighted by atomic mass is 10.1. The topological polar surface area (TPSA) is 21.7 Å². The summed E-state index contributed by atoms with van der Waals surface area (Å²) < 4.78 is 12.1. The first-order valence-electron chi connectivity index (χ1n) is 6.89. The Morgan fingerprint density at radius 1 is 1.32 bits per heavy atom. The maximum atomic E-state index is 5.69. The molecule has 4 heteroatoms. The van der Waals surface area contributed by atoms with Crippen LogP contribution in [0.25, 0.3) is 0 Å². The summed E-state index contributed by atoms with van der Waals surface area (Å²) in [5.41, 5.74) is 1.29. The second kappa shape index (κ2) is 7.27. The van der Waals surface area contributed by atoms with Gasteiger partial charge < -0.3 is 9.47 Å². The third-order valence-corrected chi connectivity index (χ3v) is 4.36. The van der Waals surface area contributed by atoms with Gasteiger partial charge in [-0.05, 0) is 43.5 Å². The van der Waals surface area contributed by atoms with Gasteiger partial charge in [0.15, 0.2) is 0 Å². The van der Waals surface area contributed by atoms with Gasteiger partial charge in [-0.1, -0.05) is 15.9 Å². The fraction of sp³-hybridized carbons (Fsp3) is 0.600. The van der Waals surface area contributed by atoms with E-state index in [4.69, 9.17) is 9.47 Å². The van der Waals surface area contributed by atoms with Crippen LogP contribution in [0.15, 0.2) is 22.7 Å². The Balaban J connectivity index is 1.91. The Morgan fingerprint density at radius 3 is 2.68 bits per heavy atom. The molecule has 1 aromatic rings. The van der Waals surface area contributed by atoms with Crippen LogP contribution in [0.5, 0.6) is 5.75 Å². The Kier molecular flexibility index (Phi) is 5.67. The smallest absolute Gasteiger partial charge is 0.119 e. The summed E-state index contributed by atoms with van der Waals surface area (Å²) in [5, 5.41) is 0. The van der Waals surface area contributed by atoms with Gasteiger partial charge in [-0.15, -0.1) is 0 Å². The second-order valence-corrected chi connectivity index (χ2v) is 5.74. The van der Waals surface area contributed by atoms with Gasteiger partial charge in [0.05, 0.1) is 13.2 Å². The van der Waals surface area contributed by atoms with E-state index in [2.05, 4.69) is 39.9 Å². The molecule has 106 valence electrons. The molecule has 0 spiro atoms. The highest BCUT2D eigenvalue weighted by Gasteiger charge is 2.19. The lowest BCUT2D eigenvalue weighted by Gasteiger charge is -2.32. The fourth-order valence-electron chi connectivity index (χ4n) is 2.51. The number of methoxy groups -OCH3 is 1. The maximum absolute atomic E-state index is 5.69. The van der Waals surface area contributed by atoms with Crippen LogP contribution in [-0.2, 0) is 11.3 Å². The monoisotopic (exact) mass is 327 g/mol. The van der Waals surface area contributed by atoms with Crippen LogP contribution in [0, 0.1) is 0 Å². The van der Waals surface area contributed by atoms with Gasteiger partial charge in [-0.3, -0.25) is 4.90 Å². The van der Waals surface area contributed by atoms with E-state index in [1.54, 1.807) is 7.11 Å². The summed E-state index contributed by atoms with van der Waals surface area (Å²) in [4.78, 5) is 2.48. The molecule has 1 saturated heterocycles. The molecule has 1 aromatic carbocycles. The zero-order valence-corrected chi connectivity index (χ0v) is 13.3. The SMILES string of the molecule is CCOC1CCN(Cc2cc(OC)ccc2Br)CC1. The predicted molar refractivity (Wildman–Crippen MR) is 80.6 cm³/mol. The average molecular weight is 328 g/mol. The van der Waals surface area contributed by atoms with Crippen LogP contribution in [0.4, 0.5) is 0 Å². The Bertz CT molecular complexity index is 403. The minimum Gasteiger partial charge on any atom is -0.497 e. The van der Waals surface area contributed by atoms with Crippen molar-refractivity contribution in [2.24, 2.45) is 0 Å². The second-order valence-electron chi connectivity index (χ2n) is 4.89. The van der Waals surface area contributed by atoms with Gasteiger partial charge in [0.1, 0.15) is 5.75 Å². The van der Waals surface area contributed by atoms with Crippen molar-refractivity contribution in [1.29, 1.82) is 0 Å². The van der Waals surface area contributed by atoms with E-state index in [9.17, 15) is 0 Å². The quantitative estimate of drug-likeness (QED) is 0.826. The summed E-state index contributed by atoms with van der Waals surface area (Å²) in [6.07, 6.45) is 2.72. The molecule has 1 aliphatic heterocycles. The van der Waals surface area contributed by atoms with Crippen molar-refractivity contribution in [3.05, 3.63) is 28.2 Å². The lowest BCUT2D eigenvalue weighted by molar-refractivity contribution is 0.0125. The van der Waals surface area contributed by atoms with Gasteiger partial charge in [0, 0.05) is 30.7 Å². The number of rotatable bonds is 5. The van der Waals surface area contributed by atoms with Crippen molar-refractivity contribution < 1.29 is 9.47 Å². The first-order valence-corrected chi connectivity index (χ1v) is 7.68. The van der Waals surface area contributed by atoms with E-state index in [1.807, 2.05) is 6.07 Å². The molecule has 0 aliphatic carbocycles. The molecule has 1 aliphatic rings. The van der Waals surface area contributed by atoms with Gasteiger partial charge in [0.2, 0.25) is 0 Å². The summed E-state index contributed by atoms with van der Waals surface area (Å²) in [5.74, 6) is 0.919. The largest absolute Gasteiger partial charge is 0.497 e. The van der Waals surface area contributed by atoms with Crippen molar-refractivity contribution in [2.75, 3.05) is 26.8 Å². The number of ether oxygens (including phenoxy) is 2. The number of likely N-dealkylation sites (tertiary alicyclic amines) is 1. The molecule has 2 rings (SSSR count). The minimum atomic E-state index is 0.454. The fourth-order valence-corrected chi connectivity index (χ4v) is 2.88. The molecule has 0 atom stereocenters. The zero-order valence-electron chi connectivity index (χ0n) is 11.7. The molecule has 0 aromatic heterocycles.